The SMILES string of the molecule is C=C[C@@H]1C[C@@](CF)(c2cc(Br)cnc2F)N=C(N)O1. The fraction of sp³-hybridized carbons (Fsp3) is 0.333. The van der Waals surface area contributed by atoms with Gasteiger partial charge >= 0.3 is 0 Å². The molecule has 102 valence electrons. The van der Waals surface area contributed by atoms with Gasteiger partial charge in [-0.1, -0.05) is 12.7 Å². The third-order valence-electron chi connectivity index (χ3n) is 2.93. The fourth-order valence-electron chi connectivity index (χ4n) is 2.02. The molecular weight excluding hydrogens is 320 g/mol. The molecule has 1 aliphatic heterocycles. The van der Waals surface area contributed by atoms with Crippen LogP contribution in [0.3, 0.4) is 0 Å². The summed E-state index contributed by atoms with van der Waals surface area (Å²) in [6.07, 6.45) is 2.37. The van der Waals surface area contributed by atoms with Crippen LogP contribution < -0.4 is 5.73 Å². The van der Waals surface area contributed by atoms with Gasteiger partial charge in [0.2, 0.25) is 5.95 Å². The van der Waals surface area contributed by atoms with Crippen molar-refractivity contribution >= 4 is 22.0 Å². The van der Waals surface area contributed by atoms with Gasteiger partial charge in [-0.25, -0.2) is 14.4 Å². The van der Waals surface area contributed by atoms with Crippen LogP contribution in [0.25, 0.3) is 0 Å². The Morgan fingerprint density at radius 1 is 1.68 bits per heavy atom. The molecule has 0 spiro atoms. The van der Waals surface area contributed by atoms with Gasteiger partial charge in [0.25, 0.3) is 6.02 Å². The van der Waals surface area contributed by atoms with Crippen molar-refractivity contribution in [2.24, 2.45) is 10.7 Å². The summed E-state index contributed by atoms with van der Waals surface area (Å²) in [6.45, 7) is 2.67. The molecule has 2 rings (SSSR count). The van der Waals surface area contributed by atoms with E-state index in [-0.39, 0.29) is 18.0 Å². The van der Waals surface area contributed by atoms with Crippen molar-refractivity contribution in [2.75, 3.05) is 6.67 Å². The van der Waals surface area contributed by atoms with Gasteiger partial charge in [0.15, 0.2) is 0 Å². The van der Waals surface area contributed by atoms with E-state index < -0.39 is 24.3 Å². The van der Waals surface area contributed by atoms with Crippen LogP contribution in [0.1, 0.15) is 12.0 Å². The molecule has 19 heavy (non-hydrogen) atoms. The minimum absolute atomic E-state index is 0.0440. The largest absolute Gasteiger partial charge is 0.458 e. The standard InChI is InChI=1S/C12H12BrF2N3O/c1-2-8-4-12(6-14,18-11(16)19-8)9-3-7(13)5-17-10(9)15/h2-3,5,8H,1,4,6H2,(H2,16,18)/t8-,12-/m1/s1. The molecule has 2 N–H and O–H groups in total. The molecule has 0 saturated heterocycles. The molecule has 4 nitrogen and oxygen atoms in total. The Labute approximate surface area is 117 Å². The molecule has 0 aromatic carbocycles. The lowest BCUT2D eigenvalue weighted by Crippen LogP contribution is -2.42. The zero-order chi connectivity index (χ0) is 14.0. The number of hydrogen-bond acceptors (Lipinski definition) is 4. The maximum absolute atomic E-state index is 13.9. The average molecular weight is 332 g/mol. The number of nitrogens with zero attached hydrogens (tertiary/aromatic N) is 2. The Morgan fingerprint density at radius 3 is 3.05 bits per heavy atom. The molecule has 1 aromatic heterocycles. The van der Waals surface area contributed by atoms with E-state index in [1.165, 1.54) is 18.3 Å². The van der Waals surface area contributed by atoms with Gasteiger partial charge in [-0.2, -0.15) is 4.39 Å². The van der Waals surface area contributed by atoms with E-state index in [1.54, 1.807) is 0 Å². The summed E-state index contributed by atoms with van der Waals surface area (Å²) < 4.78 is 33.1. The van der Waals surface area contributed by atoms with Crippen LogP contribution in [-0.4, -0.2) is 23.8 Å². The van der Waals surface area contributed by atoms with Crippen LogP contribution in [-0.2, 0) is 10.3 Å². The second-order valence-corrected chi connectivity index (χ2v) is 5.12. The number of aliphatic imine (C=N–C) groups is 1. The smallest absolute Gasteiger partial charge is 0.283 e. The van der Waals surface area contributed by atoms with E-state index in [1.807, 2.05) is 0 Å². The van der Waals surface area contributed by atoms with Gasteiger partial charge < -0.3 is 10.5 Å². The van der Waals surface area contributed by atoms with Crippen LogP contribution >= 0.6 is 15.9 Å². The second kappa shape index (κ2) is 5.24. The Bertz CT molecular complexity index is 538. The lowest BCUT2D eigenvalue weighted by Gasteiger charge is -2.34. The zero-order valence-corrected chi connectivity index (χ0v) is 11.5. The molecule has 0 bridgehead atoms. The normalized spacial score (nSPS) is 26.5. The van der Waals surface area contributed by atoms with Crippen molar-refractivity contribution in [3.05, 3.63) is 40.9 Å². The van der Waals surface area contributed by atoms with Gasteiger partial charge in [-0.3, -0.25) is 0 Å². The number of ether oxygens (including phenoxy) is 1. The number of rotatable bonds is 3. The third kappa shape index (κ3) is 2.60. The molecule has 0 saturated carbocycles. The molecule has 1 aromatic rings. The van der Waals surface area contributed by atoms with E-state index in [0.29, 0.717) is 4.47 Å². The molecule has 1 aliphatic rings. The summed E-state index contributed by atoms with van der Waals surface area (Å²) in [6, 6.07) is 1.26. The molecule has 0 radical (unpaired) electrons. The quantitative estimate of drug-likeness (QED) is 0.683. The van der Waals surface area contributed by atoms with E-state index >= 15 is 0 Å². The first kappa shape index (κ1) is 13.9. The second-order valence-electron chi connectivity index (χ2n) is 4.20. The van der Waals surface area contributed by atoms with E-state index in [2.05, 4.69) is 32.5 Å². The summed E-state index contributed by atoms with van der Waals surface area (Å²) in [5, 5.41) is 0. The summed E-state index contributed by atoms with van der Waals surface area (Å²) in [5.41, 5.74) is 4.15. The number of halogens is 3. The van der Waals surface area contributed by atoms with Gasteiger partial charge in [-0.15, -0.1) is 0 Å². The topological polar surface area (TPSA) is 60.5 Å². The molecule has 0 aliphatic carbocycles. The number of alkyl halides is 1. The van der Waals surface area contributed by atoms with Crippen LogP contribution in [0.4, 0.5) is 8.78 Å². The highest BCUT2D eigenvalue weighted by atomic mass is 79.9. The number of amidine groups is 1. The van der Waals surface area contributed by atoms with Gasteiger partial charge in [-0.05, 0) is 22.0 Å². The Kier molecular flexibility index (Phi) is 3.84. The minimum atomic E-state index is -1.43. The molecule has 7 heteroatoms. The van der Waals surface area contributed by atoms with E-state index in [0.717, 1.165) is 0 Å². The van der Waals surface area contributed by atoms with Crippen LogP contribution in [0, 0.1) is 5.95 Å². The molecule has 2 atom stereocenters. The third-order valence-corrected chi connectivity index (χ3v) is 3.36. The minimum Gasteiger partial charge on any atom is -0.458 e. The monoisotopic (exact) mass is 331 g/mol. The van der Waals surface area contributed by atoms with Crippen molar-refractivity contribution in [2.45, 2.75) is 18.1 Å². The Balaban J connectivity index is 2.56. The highest BCUT2D eigenvalue weighted by Gasteiger charge is 2.41. The fourth-order valence-corrected chi connectivity index (χ4v) is 2.35. The average Bonchev–Trinajstić information content (AvgIpc) is 2.40. The summed E-state index contributed by atoms with van der Waals surface area (Å²) >= 11 is 3.18. The summed E-state index contributed by atoms with van der Waals surface area (Å²) in [4.78, 5) is 7.52. The van der Waals surface area contributed by atoms with Crippen LogP contribution in [0.5, 0.6) is 0 Å². The van der Waals surface area contributed by atoms with E-state index in [9.17, 15) is 8.78 Å². The van der Waals surface area contributed by atoms with Gasteiger partial charge in [0.05, 0.1) is 0 Å². The number of aromatic nitrogens is 1. The molecular formula is C12H12BrF2N3O. The Morgan fingerprint density at radius 2 is 2.42 bits per heavy atom. The van der Waals surface area contributed by atoms with Crippen molar-refractivity contribution in [3.8, 4) is 0 Å². The Hall–Kier alpha value is -1.50. The highest BCUT2D eigenvalue weighted by molar-refractivity contribution is 9.10. The lowest BCUT2D eigenvalue weighted by molar-refractivity contribution is 0.130. The van der Waals surface area contributed by atoms with Gasteiger partial charge in [0, 0.05) is 22.7 Å². The van der Waals surface area contributed by atoms with Gasteiger partial charge in [0.1, 0.15) is 18.3 Å². The van der Waals surface area contributed by atoms with Crippen molar-refractivity contribution in [1.82, 2.24) is 4.98 Å². The molecule has 0 fully saturated rings. The molecule has 0 amide bonds. The maximum Gasteiger partial charge on any atom is 0.283 e. The number of hydrogen-bond donors (Lipinski definition) is 1. The van der Waals surface area contributed by atoms with E-state index in [4.69, 9.17) is 10.5 Å². The first-order chi connectivity index (χ1) is 9.00. The first-order valence-corrected chi connectivity index (χ1v) is 6.32. The van der Waals surface area contributed by atoms with Crippen molar-refractivity contribution < 1.29 is 13.5 Å². The summed E-state index contributed by atoms with van der Waals surface area (Å²) in [7, 11) is 0. The number of pyridine rings is 1. The van der Waals surface area contributed by atoms with Crippen LogP contribution in [0.15, 0.2) is 34.4 Å². The maximum atomic E-state index is 13.9. The molecule has 2 heterocycles. The number of nitrogens with two attached hydrogens (primary N) is 1. The predicted octanol–water partition coefficient (Wildman–Crippen LogP) is 2.44. The predicted molar refractivity (Wildman–Crippen MR) is 70.9 cm³/mol. The lowest BCUT2D eigenvalue weighted by atomic mass is 9.86. The van der Waals surface area contributed by atoms with Crippen molar-refractivity contribution in [1.29, 1.82) is 0 Å². The van der Waals surface area contributed by atoms with Crippen molar-refractivity contribution in [3.63, 3.8) is 0 Å². The highest BCUT2D eigenvalue weighted by Crippen LogP contribution is 2.37. The molecule has 0 unspecified atom stereocenters. The zero-order valence-electron chi connectivity index (χ0n) is 9.94. The van der Waals surface area contributed by atoms with Crippen LogP contribution in [0.2, 0.25) is 0 Å². The summed E-state index contributed by atoms with van der Waals surface area (Å²) in [5.74, 6) is -0.776. The first-order valence-electron chi connectivity index (χ1n) is 5.53.